The Bertz CT molecular complexity index is 98.9. The summed E-state index contributed by atoms with van der Waals surface area (Å²) in [6, 6.07) is 0.441. The molecule has 0 aliphatic rings. The van der Waals surface area contributed by atoms with Gasteiger partial charge in [-0.05, 0) is 19.4 Å². The quantitative estimate of drug-likeness (QED) is 0.557. The van der Waals surface area contributed by atoms with Crippen LogP contribution in [0.5, 0.6) is 0 Å². The van der Waals surface area contributed by atoms with Crippen LogP contribution in [0.4, 0.5) is 0 Å². The maximum atomic E-state index is 5.48. The minimum absolute atomic E-state index is 0.441. The fourth-order valence-corrected chi connectivity index (χ4v) is 1.16. The summed E-state index contributed by atoms with van der Waals surface area (Å²) in [5.74, 6) is 0. The van der Waals surface area contributed by atoms with Gasteiger partial charge < -0.3 is 14.8 Å². The molecule has 1 unspecified atom stereocenters. The average Bonchev–Trinajstić information content (AvgIpc) is 2.14. The Balaban J connectivity index is 3.41. The molecule has 0 rings (SSSR count). The Morgan fingerprint density at radius 1 is 1.23 bits per heavy atom. The number of nitrogens with one attached hydrogen (secondary N) is 1. The van der Waals surface area contributed by atoms with E-state index in [0.29, 0.717) is 6.04 Å². The highest BCUT2D eigenvalue weighted by Gasteiger charge is 2.05. The number of hydrogen-bond donors (Lipinski definition) is 1. The van der Waals surface area contributed by atoms with Gasteiger partial charge in [-0.3, -0.25) is 0 Å². The average molecular weight is 189 g/mol. The predicted octanol–water partition coefficient (Wildman–Crippen LogP) is 1.43. The molecule has 1 atom stereocenters. The largest absolute Gasteiger partial charge is 0.385 e. The summed E-state index contributed by atoms with van der Waals surface area (Å²) in [6.07, 6.45) is 2.11. The van der Waals surface area contributed by atoms with Crippen molar-refractivity contribution in [3.63, 3.8) is 0 Å². The van der Waals surface area contributed by atoms with Crippen LogP contribution >= 0.6 is 0 Å². The lowest BCUT2D eigenvalue weighted by molar-refractivity contribution is 0.0962. The second-order valence-electron chi connectivity index (χ2n) is 3.11. The van der Waals surface area contributed by atoms with Crippen molar-refractivity contribution in [2.24, 2.45) is 0 Å². The molecule has 0 bridgehead atoms. The number of likely N-dealkylation sites (N-methyl/N-ethyl adjacent to an activating group) is 1. The van der Waals surface area contributed by atoms with E-state index >= 15 is 0 Å². The van der Waals surface area contributed by atoms with Crippen LogP contribution in [0.3, 0.4) is 0 Å². The summed E-state index contributed by atoms with van der Waals surface area (Å²) >= 11 is 0. The van der Waals surface area contributed by atoms with Gasteiger partial charge in [0.2, 0.25) is 0 Å². The monoisotopic (exact) mass is 189 g/mol. The summed E-state index contributed by atoms with van der Waals surface area (Å²) in [4.78, 5) is 0. The Morgan fingerprint density at radius 2 is 2.00 bits per heavy atom. The molecule has 0 aliphatic heterocycles. The van der Waals surface area contributed by atoms with Crippen LogP contribution in [0.25, 0.3) is 0 Å². The first-order valence-corrected chi connectivity index (χ1v) is 5.15. The molecule has 1 N–H and O–H groups in total. The molecule has 0 saturated carbocycles. The first-order valence-electron chi connectivity index (χ1n) is 5.15. The zero-order valence-corrected chi connectivity index (χ0v) is 9.14. The Labute approximate surface area is 81.8 Å². The van der Waals surface area contributed by atoms with Crippen LogP contribution in [0.15, 0.2) is 0 Å². The molecule has 0 heterocycles. The van der Waals surface area contributed by atoms with Gasteiger partial charge in [-0.2, -0.15) is 0 Å². The second-order valence-corrected chi connectivity index (χ2v) is 3.11. The predicted molar refractivity (Wildman–Crippen MR) is 55.1 cm³/mol. The van der Waals surface area contributed by atoms with Crippen molar-refractivity contribution in [2.45, 2.75) is 32.7 Å². The van der Waals surface area contributed by atoms with Crippen molar-refractivity contribution in [1.29, 1.82) is 0 Å². The number of ether oxygens (including phenoxy) is 2. The Kier molecular flexibility index (Phi) is 9.87. The lowest BCUT2D eigenvalue weighted by atomic mass is 10.2. The van der Waals surface area contributed by atoms with E-state index < -0.39 is 0 Å². The third kappa shape index (κ3) is 8.22. The highest BCUT2D eigenvalue weighted by Crippen LogP contribution is 1.94. The standard InChI is InChI=1S/C10H23NO2/c1-4-7-13-9-10(11-5-2)6-8-12-3/h10-11H,4-9H2,1-3H3. The highest BCUT2D eigenvalue weighted by atomic mass is 16.5. The van der Waals surface area contributed by atoms with Gasteiger partial charge in [-0.15, -0.1) is 0 Å². The molecule has 0 fully saturated rings. The minimum Gasteiger partial charge on any atom is -0.385 e. The van der Waals surface area contributed by atoms with Crippen molar-refractivity contribution in [1.82, 2.24) is 5.32 Å². The van der Waals surface area contributed by atoms with Crippen molar-refractivity contribution in [3.05, 3.63) is 0 Å². The lowest BCUT2D eigenvalue weighted by Gasteiger charge is -2.17. The van der Waals surface area contributed by atoms with E-state index in [-0.39, 0.29) is 0 Å². The van der Waals surface area contributed by atoms with E-state index in [0.717, 1.165) is 39.2 Å². The van der Waals surface area contributed by atoms with E-state index in [1.807, 2.05) is 0 Å². The van der Waals surface area contributed by atoms with Crippen LogP contribution in [0, 0.1) is 0 Å². The second kappa shape index (κ2) is 9.96. The van der Waals surface area contributed by atoms with Gasteiger partial charge in [0.25, 0.3) is 0 Å². The van der Waals surface area contributed by atoms with Crippen LogP contribution in [-0.2, 0) is 9.47 Å². The molecule has 0 radical (unpaired) electrons. The molecule has 0 aromatic rings. The van der Waals surface area contributed by atoms with E-state index in [1.165, 1.54) is 0 Å². The number of methoxy groups -OCH3 is 1. The summed E-state index contributed by atoms with van der Waals surface area (Å²) in [7, 11) is 1.73. The fraction of sp³-hybridized carbons (Fsp3) is 1.00. The fourth-order valence-electron chi connectivity index (χ4n) is 1.16. The van der Waals surface area contributed by atoms with E-state index in [4.69, 9.17) is 9.47 Å². The topological polar surface area (TPSA) is 30.5 Å². The molecule has 0 aromatic carbocycles. The maximum Gasteiger partial charge on any atom is 0.0620 e. The Hall–Kier alpha value is -0.120. The normalized spacial score (nSPS) is 13.2. The van der Waals surface area contributed by atoms with E-state index in [1.54, 1.807) is 7.11 Å². The number of rotatable bonds is 9. The first kappa shape index (κ1) is 12.9. The van der Waals surface area contributed by atoms with Gasteiger partial charge in [0, 0.05) is 26.4 Å². The number of hydrogen-bond acceptors (Lipinski definition) is 3. The van der Waals surface area contributed by atoms with E-state index in [2.05, 4.69) is 19.2 Å². The molecule has 13 heavy (non-hydrogen) atoms. The third-order valence-corrected chi connectivity index (χ3v) is 1.83. The maximum absolute atomic E-state index is 5.48. The SMILES string of the molecule is CCCOCC(CCOC)NCC. The minimum atomic E-state index is 0.441. The smallest absolute Gasteiger partial charge is 0.0620 e. The molecular weight excluding hydrogens is 166 g/mol. The zero-order valence-electron chi connectivity index (χ0n) is 9.14. The van der Waals surface area contributed by atoms with Crippen molar-refractivity contribution in [2.75, 3.05) is 33.5 Å². The Morgan fingerprint density at radius 3 is 2.54 bits per heavy atom. The summed E-state index contributed by atoms with van der Waals surface area (Å²) in [5.41, 5.74) is 0. The first-order chi connectivity index (χ1) is 6.35. The molecule has 0 aliphatic carbocycles. The molecule has 0 aromatic heterocycles. The molecule has 0 saturated heterocycles. The van der Waals surface area contributed by atoms with Crippen molar-refractivity contribution < 1.29 is 9.47 Å². The molecule has 80 valence electrons. The van der Waals surface area contributed by atoms with Gasteiger partial charge >= 0.3 is 0 Å². The highest BCUT2D eigenvalue weighted by molar-refractivity contribution is 4.64. The summed E-state index contributed by atoms with van der Waals surface area (Å²) in [5, 5.41) is 3.37. The summed E-state index contributed by atoms with van der Waals surface area (Å²) < 4.78 is 10.5. The van der Waals surface area contributed by atoms with Crippen LogP contribution in [0.1, 0.15) is 26.7 Å². The van der Waals surface area contributed by atoms with Crippen LogP contribution in [0.2, 0.25) is 0 Å². The van der Waals surface area contributed by atoms with Gasteiger partial charge in [0.05, 0.1) is 6.61 Å². The van der Waals surface area contributed by atoms with E-state index in [9.17, 15) is 0 Å². The van der Waals surface area contributed by atoms with Gasteiger partial charge in [-0.1, -0.05) is 13.8 Å². The van der Waals surface area contributed by atoms with Crippen molar-refractivity contribution >= 4 is 0 Å². The molecule has 3 heteroatoms. The van der Waals surface area contributed by atoms with Crippen molar-refractivity contribution in [3.8, 4) is 0 Å². The molecular formula is C10H23NO2. The molecule has 0 amide bonds. The molecule has 0 spiro atoms. The third-order valence-electron chi connectivity index (χ3n) is 1.83. The van der Waals surface area contributed by atoms with Gasteiger partial charge in [0.15, 0.2) is 0 Å². The molecule has 3 nitrogen and oxygen atoms in total. The van der Waals surface area contributed by atoms with Crippen LogP contribution in [-0.4, -0.2) is 39.5 Å². The lowest BCUT2D eigenvalue weighted by Crippen LogP contribution is -2.34. The summed E-state index contributed by atoms with van der Waals surface area (Å²) in [6.45, 7) is 7.67. The van der Waals surface area contributed by atoms with Gasteiger partial charge in [-0.25, -0.2) is 0 Å². The van der Waals surface area contributed by atoms with Crippen LogP contribution < -0.4 is 5.32 Å². The van der Waals surface area contributed by atoms with Gasteiger partial charge in [0.1, 0.15) is 0 Å². The zero-order chi connectivity index (χ0) is 9.94.